The molecule has 0 amide bonds. The summed E-state index contributed by atoms with van der Waals surface area (Å²) in [5, 5.41) is 11.2. The second kappa shape index (κ2) is 5.32. The molecule has 0 bridgehead atoms. The summed E-state index contributed by atoms with van der Waals surface area (Å²) in [6.07, 6.45) is 2.50. The van der Waals surface area contributed by atoms with Crippen LogP contribution in [0.1, 0.15) is 25.7 Å². The molecule has 1 heterocycles. The predicted molar refractivity (Wildman–Crippen MR) is 54.5 cm³/mol. The number of nitrogens with zero attached hydrogens (tertiary/aromatic N) is 1. The summed E-state index contributed by atoms with van der Waals surface area (Å²) in [4.78, 5) is 0. The van der Waals surface area contributed by atoms with Crippen LogP contribution in [-0.4, -0.2) is 32.5 Å². The summed E-state index contributed by atoms with van der Waals surface area (Å²) in [5.41, 5.74) is 0. The zero-order chi connectivity index (χ0) is 10.4. The van der Waals surface area contributed by atoms with Gasteiger partial charge in [-0.05, 0) is 25.8 Å². The van der Waals surface area contributed by atoms with E-state index in [9.17, 15) is 8.42 Å². The van der Waals surface area contributed by atoms with E-state index in [0.717, 1.165) is 19.4 Å². The lowest BCUT2D eigenvalue weighted by atomic mass is 10.2. The number of unbranched alkanes of at least 4 members (excludes halogenated alkanes) is 1. The molecule has 14 heavy (non-hydrogen) atoms. The minimum Gasteiger partial charge on any atom is -0.315 e. The molecule has 0 aliphatic carbocycles. The fourth-order valence-corrected chi connectivity index (χ4v) is 3.42. The van der Waals surface area contributed by atoms with E-state index in [-0.39, 0.29) is 11.0 Å². The standard InChI is InChI=1S/C9H16N2O2S/c10-5-1-2-7-14(12,13)9-4-3-6-11-8-9/h9,11H,1-4,6-8H2. The van der Waals surface area contributed by atoms with E-state index in [4.69, 9.17) is 5.26 Å². The Kier molecular flexibility index (Phi) is 4.36. The first-order valence-electron chi connectivity index (χ1n) is 4.96. The maximum atomic E-state index is 11.7. The lowest BCUT2D eigenvalue weighted by Crippen LogP contribution is -2.39. The molecule has 1 atom stereocenters. The summed E-state index contributed by atoms with van der Waals surface area (Å²) in [5.74, 6) is 0.160. The van der Waals surface area contributed by atoms with Crippen molar-refractivity contribution >= 4 is 9.84 Å². The maximum Gasteiger partial charge on any atom is 0.154 e. The summed E-state index contributed by atoms with van der Waals surface area (Å²) < 4.78 is 23.4. The summed E-state index contributed by atoms with van der Waals surface area (Å²) in [7, 11) is -2.97. The average Bonchev–Trinajstić information content (AvgIpc) is 2.19. The number of nitrogens with one attached hydrogen (secondary N) is 1. The van der Waals surface area contributed by atoms with Crippen LogP contribution in [0, 0.1) is 11.3 Å². The van der Waals surface area contributed by atoms with Crippen LogP contribution in [0.4, 0.5) is 0 Å². The van der Waals surface area contributed by atoms with Gasteiger partial charge in [-0.15, -0.1) is 0 Å². The predicted octanol–water partition coefficient (Wildman–Crippen LogP) is 0.457. The normalized spacial score (nSPS) is 22.9. The van der Waals surface area contributed by atoms with Crippen molar-refractivity contribution in [2.45, 2.75) is 30.9 Å². The molecule has 0 aromatic rings. The summed E-state index contributed by atoms with van der Waals surface area (Å²) in [6, 6.07) is 1.96. The lowest BCUT2D eigenvalue weighted by Gasteiger charge is -2.22. The molecular formula is C9H16N2O2S. The van der Waals surface area contributed by atoms with Gasteiger partial charge in [-0.2, -0.15) is 5.26 Å². The van der Waals surface area contributed by atoms with E-state index in [1.165, 1.54) is 0 Å². The van der Waals surface area contributed by atoms with Crippen molar-refractivity contribution in [1.82, 2.24) is 5.32 Å². The molecular weight excluding hydrogens is 200 g/mol. The zero-order valence-electron chi connectivity index (χ0n) is 8.20. The minimum absolute atomic E-state index is 0.160. The summed E-state index contributed by atoms with van der Waals surface area (Å²) in [6.45, 7) is 1.50. The molecule has 0 aromatic heterocycles. The number of sulfone groups is 1. The van der Waals surface area contributed by atoms with Gasteiger partial charge >= 0.3 is 0 Å². The first-order valence-corrected chi connectivity index (χ1v) is 6.67. The number of hydrogen-bond donors (Lipinski definition) is 1. The van der Waals surface area contributed by atoms with Gasteiger partial charge in [-0.1, -0.05) is 0 Å². The highest BCUT2D eigenvalue weighted by Gasteiger charge is 2.26. The Hall–Kier alpha value is -0.600. The SMILES string of the molecule is N#CCCCS(=O)(=O)C1CCCNC1. The molecule has 1 unspecified atom stereocenters. The third kappa shape index (κ3) is 3.28. The van der Waals surface area contributed by atoms with Gasteiger partial charge in [0.25, 0.3) is 0 Å². The second-order valence-corrected chi connectivity index (χ2v) is 6.00. The Labute approximate surface area is 85.2 Å². The van der Waals surface area contributed by atoms with Gasteiger partial charge in [-0.3, -0.25) is 0 Å². The molecule has 1 aliphatic heterocycles. The van der Waals surface area contributed by atoms with Crippen LogP contribution in [0.3, 0.4) is 0 Å². The third-order valence-corrected chi connectivity index (χ3v) is 4.75. The van der Waals surface area contributed by atoms with Crippen molar-refractivity contribution in [2.75, 3.05) is 18.8 Å². The molecule has 1 saturated heterocycles. The number of rotatable bonds is 4. The van der Waals surface area contributed by atoms with Crippen LogP contribution < -0.4 is 5.32 Å². The fraction of sp³-hybridized carbons (Fsp3) is 0.889. The van der Waals surface area contributed by atoms with Crippen LogP contribution in [0.5, 0.6) is 0 Å². The fourth-order valence-electron chi connectivity index (χ4n) is 1.65. The second-order valence-electron chi connectivity index (χ2n) is 3.60. The Morgan fingerprint density at radius 2 is 2.29 bits per heavy atom. The number of nitriles is 1. The lowest BCUT2D eigenvalue weighted by molar-refractivity contribution is 0.496. The molecule has 4 nitrogen and oxygen atoms in total. The van der Waals surface area contributed by atoms with Gasteiger partial charge in [0.15, 0.2) is 9.84 Å². The van der Waals surface area contributed by atoms with Crippen molar-refractivity contribution in [3.05, 3.63) is 0 Å². The van der Waals surface area contributed by atoms with E-state index < -0.39 is 9.84 Å². The van der Waals surface area contributed by atoms with E-state index in [0.29, 0.717) is 19.4 Å². The Morgan fingerprint density at radius 1 is 1.50 bits per heavy atom. The zero-order valence-corrected chi connectivity index (χ0v) is 9.02. The first kappa shape index (κ1) is 11.5. The Bertz CT molecular complexity index is 299. The Morgan fingerprint density at radius 3 is 2.86 bits per heavy atom. The molecule has 0 saturated carbocycles. The molecule has 80 valence electrons. The van der Waals surface area contributed by atoms with Crippen LogP contribution in [-0.2, 0) is 9.84 Å². The highest BCUT2D eigenvalue weighted by molar-refractivity contribution is 7.92. The molecule has 0 spiro atoms. The Balaban J connectivity index is 2.43. The highest BCUT2D eigenvalue weighted by atomic mass is 32.2. The van der Waals surface area contributed by atoms with E-state index in [1.807, 2.05) is 6.07 Å². The van der Waals surface area contributed by atoms with E-state index in [1.54, 1.807) is 0 Å². The largest absolute Gasteiger partial charge is 0.315 e. The summed E-state index contributed by atoms with van der Waals surface area (Å²) >= 11 is 0. The van der Waals surface area contributed by atoms with Crippen molar-refractivity contribution < 1.29 is 8.42 Å². The molecule has 1 N–H and O–H groups in total. The van der Waals surface area contributed by atoms with Gasteiger partial charge in [0, 0.05) is 13.0 Å². The molecule has 1 fully saturated rings. The molecule has 0 aromatic carbocycles. The number of hydrogen-bond acceptors (Lipinski definition) is 4. The van der Waals surface area contributed by atoms with E-state index in [2.05, 4.69) is 5.32 Å². The topological polar surface area (TPSA) is 70.0 Å². The molecule has 0 radical (unpaired) electrons. The van der Waals surface area contributed by atoms with Gasteiger partial charge in [0.05, 0.1) is 17.1 Å². The quantitative estimate of drug-likeness (QED) is 0.693. The third-order valence-electron chi connectivity index (χ3n) is 2.48. The van der Waals surface area contributed by atoms with Gasteiger partial charge in [0.1, 0.15) is 0 Å². The van der Waals surface area contributed by atoms with Crippen molar-refractivity contribution in [1.29, 1.82) is 5.26 Å². The van der Waals surface area contributed by atoms with Gasteiger partial charge in [-0.25, -0.2) is 8.42 Å². The minimum atomic E-state index is -2.97. The molecule has 5 heteroatoms. The van der Waals surface area contributed by atoms with Crippen LogP contribution in [0.15, 0.2) is 0 Å². The monoisotopic (exact) mass is 216 g/mol. The van der Waals surface area contributed by atoms with Crippen LogP contribution in [0.25, 0.3) is 0 Å². The van der Waals surface area contributed by atoms with E-state index >= 15 is 0 Å². The van der Waals surface area contributed by atoms with Crippen LogP contribution >= 0.6 is 0 Å². The average molecular weight is 216 g/mol. The first-order chi connectivity index (χ1) is 6.67. The molecule has 1 aliphatic rings. The highest BCUT2D eigenvalue weighted by Crippen LogP contribution is 2.13. The van der Waals surface area contributed by atoms with Crippen molar-refractivity contribution in [2.24, 2.45) is 0 Å². The van der Waals surface area contributed by atoms with Gasteiger partial charge < -0.3 is 5.32 Å². The smallest absolute Gasteiger partial charge is 0.154 e. The van der Waals surface area contributed by atoms with Crippen molar-refractivity contribution in [3.8, 4) is 6.07 Å². The molecule has 1 rings (SSSR count). The van der Waals surface area contributed by atoms with Crippen molar-refractivity contribution in [3.63, 3.8) is 0 Å². The number of piperidine rings is 1. The van der Waals surface area contributed by atoms with Crippen LogP contribution in [0.2, 0.25) is 0 Å². The van der Waals surface area contributed by atoms with Gasteiger partial charge in [0.2, 0.25) is 0 Å². The maximum absolute atomic E-state index is 11.7.